The fourth-order valence-corrected chi connectivity index (χ4v) is 4.94. The molecule has 4 nitrogen and oxygen atoms in total. The monoisotopic (exact) mass is 340 g/mol. The minimum absolute atomic E-state index is 0.0889. The number of piperidine rings is 1. The average Bonchev–Trinajstić information content (AvgIpc) is 3.10. The highest BCUT2D eigenvalue weighted by Gasteiger charge is 2.65. The lowest BCUT2D eigenvalue weighted by Gasteiger charge is -2.46. The third-order valence-electron chi connectivity index (χ3n) is 6.17. The Morgan fingerprint density at radius 3 is 2.58 bits per heavy atom. The summed E-state index contributed by atoms with van der Waals surface area (Å²) >= 11 is 1.36. The predicted molar refractivity (Wildman–Crippen MR) is 94.7 cm³/mol. The minimum Gasteiger partial charge on any atom is -0.274 e. The third-order valence-corrected chi connectivity index (χ3v) is 7.00. The van der Waals surface area contributed by atoms with Crippen LogP contribution in [0.25, 0.3) is 11.3 Å². The van der Waals surface area contributed by atoms with Gasteiger partial charge in [0.05, 0.1) is 11.1 Å². The number of nitrogens with zero attached hydrogens (tertiary/aromatic N) is 2. The van der Waals surface area contributed by atoms with Crippen molar-refractivity contribution in [3.8, 4) is 11.3 Å². The van der Waals surface area contributed by atoms with Crippen LogP contribution in [-0.2, 0) is 9.59 Å². The standard InChI is InChI=1S/C19H20N2O2S/c1-18(2)13-9-10-19(18,3)16(23)21(15(13)22)17-20-14(11-24-17)12-7-5-4-6-8-12/h4-8,11,13H,9-10H2,1-3H3/t13-,19+/m1/s1. The highest BCUT2D eigenvalue weighted by molar-refractivity contribution is 7.14. The van der Waals surface area contributed by atoms with Crippen LogP contribution in [0.2, 0.25) is 0 Å². The van der Waals surface area contributed by atoms with E-state index in [1.165, 1.54) is 16.2 Å². The largest absolute Gasteiger partial charge is 0.274 e. The lowest BCUT2D eigenvalue weighted by Crippen LogP contribution is -2.59. The van der Waals surface area contributed by atoms with Gasteiger partial charge in [-0.25, -0.2) is 9.88 Å². The minimum atomic E-state index is -0.496. The zero-order valence-electron chi connectivity index (χ0n) is 14.1. The summed E-state index contributed by atoms with van der Waals surface area (Å²) in [5, 5.41) is 2.41. The molecule has 1 aromatic heterocycles. The Labute approximate surface area is 145 Å². The number of anilines is 1. The fourth-order valence-electron chi connectivity index (χ4n) is 4.11. The first-order valence-corrected chi connectivity index (χ1v) is 9.13. The van der Waals surface area contributed by atoms with Crippen molar-refractivity contribution in [1.82, 2.24) is 4.98 Å². The van der Waals surface area contributed by atoms with Crippen LogP contribution in [0, 0.1) is 16.7 Å². The quantitative estimate of drug-likeness (QED) is 0.773. The molecule has 0 N–H and O–H groups in total. The van der Waals surface area contributed by atoms with Gasteiger partial charge in [-0.05, 0) is 18.3 Å². The lowest BCUT2D eigenvalue weighted by molar-refractivity contribution is -0.146. The van der Waals surface area contributed by atoms with E-state index >= 15 is 0 Å². The average molecular weight is 340 g/mol. The van der Waals surface area contributed by atoms with Crippen LogP contribution in [0.15, 0.2) is 35.7 Å². The molecule has 2 aliphatic rings. The molecule has 2 fully saturated rings. The zero-order valence-corrected chi connectivity index (χ0v) is 14.9. The Morgan fingerprint density at radius 1 is 1.17 bits per heavy atom. The smallest absolute Gasteiger partial charge is 0.242 e. The number of carbonyl (C=O) groups is 2. The van der Waals surface area contributed by atoms with E-state index in [9.17, 15) is 9.59 Å². The maximum Gasteiger partial charge on any atom is 0.242 e. The van der Waals surface area contributed by atoms with Gasteiger partial charge in [0.15, 0.2) is 5.13 Å². The van der Waals surface area contributed by atoms with Crippen molar-refractivity contribution >= 4 is 28.3 Å². The van der Waals surface area contributed by atoms with Crippen molar-refractivity contribution in [2.45, 2.75) is 33.6 Å². The van der Waals surface area contributed by atoms with Crippen molar-refractivity contribution in [1.29, 1.82) is 0 Å². The normalized spacial score (nSPS) is 28.5. The van der Waals surface area contributed by atoms with E-state index in [1.54, 1.807) is 0 Å². The van der Waals surface area contributed by atoms with E-state index < -0.39 is 5.41 Å². The Kier molecular flexibility index (Phi) is 3.23. The number of thiazole rings is 1. The second-order valence-electron chi connectivity index (χ2n) is 7.51. The molecule has 0 unspecified atom stereocenters. The van der Waals surface area contributed by atoms with Crippen LogP contribution in [0.4, 0.5) is 5.13 Å². The number of carbonyl (C=O) groups excluding carboxylic acids is 2. The number of amides is 2. The topological polar surface area (TPSA) is 50.3 Å². The number of hydrogen-bond donors (Lipinski definition) is 0. The van der Waals surface area contributed by atoms with E-state index in [-0.39, 0.29) is 23.1 Å². The Hall–Kier alpha value is -2.01. The molecular weight excluding hydrogens is 320 g/mol. The van der Waals surface area contributed by atoms with Gasteiger partial charge in [-0.15, -0.1) is 11.3 Å². The van der Waals surface area contributed by atoms with Gasteiger partial charge in [-0.2, -0.15) is 0 Å². The molecule has 4 rings (SSSR count). The summed E-state index contributed by atoms with van der Waals surface area (Å²) in [6, 6.07) is 9.82. The van der Waals surface area contributed by atoms with Crippen LogP contribution in [0.3, 0.4) is 0 Å². The van der Waals surface area contributed by atoms with Crippen molar-refractivity contribution in [2.24, 2.45) is 16.7 Å². The van der Waals surface area contributed by atoms with E-state index in [0.29, 0.717) is 5.13 Å². The zero-order chi connectivity index (χ0) is 17.1. The van der Waals surface area contributed by atoms with Gasteiger partial charge in [-0.1, -0.05) is 51.1 Å². The van der Waals surface area contributed by atoms with Gasteiger partial charge >= 0.3 is 0 Å². The van der Waals surface area contributed by atoms with Gasteiger partial charge in [0.2, 0.25) is 11.8 Å². The molecule has 2 aromatic rings. The van der Waals surface area contributed by atoms with E-state index in [1.807, 2.05) is 42.6 Å². The van der Waals surface area contributed by atoms with Crippen LogP contribution >= 0.6 is 11.3 Å². The van der Waals surface area contributed by atoms with E-state index in [4.69, 9.17) is 0 Å². The van der Waals surface area contributed by atoms with Gasteiger partial charge in [-0.3, -0.25) is 9.59 Å². The second kappa shape index (κ2) is 4.99. The van der Waals surface area contributed by atoms with Crippen LogP contribution < -0.4 is 4.90 Å². The first-order chi connectivity index (χ1) is 11.4. The third kappa shape index (κ3) is 1.88. The Balaban J connectivity index is 1.75. The molecule has 1 saturated heterocycles. The van der Waals surface area contributed by atoms with Crippen LogP contribution in [-0.4, -0.2) is 16.8 Å². The number of hydrogen-bond acceptors (Lipinski definition) is 4. The molecule has 124 valence electrons. The molecule has 2 bridgehead atoms. The second-order valence-corrected chi connectivity index (χ2v) is 8.34. The predicted octanol–water partition coefficient (Wildman–Crippen LogP) is 4.13. The van der Waals surface area contributed by atoms with Crippen molar-refractivity contribution in [2.75, 3.05) is 4.90 Å². The van der Waals surface area contributed by atoms with E-state index in [0.717, 1.165) is 24.1 Å². The summed E-state index contributed by atoms with van der Waals surface area (Å²) in [5.41, 5.74) is 1.01. The summed E-state index contributed by atoms with van der Waals surface area (Å²) in [6.07, 6.45) is 1.55. The molecule has 1 aliphatic heterocycles. The molecule has 2 heterocycles. The van der Waals surface area contributed by atoms with Crippen LogP contribution in [0.5, 0.6) is 0 Å². The molecule has 2 amide bonds. The maximum atomic E-state index is 13.1. The van der Waals surface area contributed by atoms with Gasteiger partial charge in [0.1, 0.15) is 0 Å². The molecule has 1 aromatic carbocycles. The molecule has 1 saturated carbocycles. The van der Waals surface area contributed by atoms with Crippen LogP contribution in [0.1, 0.15) is 33.6 Å². The Morgan fingerprint density at radius 2 is 1.88 bits per heavy atom. The fraction of sp³-hybridized carbons (Fsp3) is 0.421. The lowest BCUT2D eigenvalue weighted by atomic mass is 9.62. The number of fused-ring (bicyclic) bond motifs is 2. The van der Waals surface area contributed by atoms with Gasteiger partial charge in [0.25, 0.3) is 0 Å². The molecule has 1 aliphatic carbocycles. The summed E-state index contributed by atoms with van der Waals surface area (Å²) in [5.74, 6) is -0.293. The highest BCUT2D eigenvalue weighted by atomic mass is 32.1. The SMILES string of the molecule is CC1(C)[C@@H]2CC[C@@]1(C)C(=O)N(c1nc(-c3ccccc3)cs1)C2=O. The number of benzene rings is 1. The van der Waals surface area contributed by atoms with Crippen molar-refractivity contribution in [3.05, 3.63) is 35.7 Å². The van der Waals surface area contributed by atoms with Crippen molar-refractivity contribution < 1.29 is 9.59 Å². The summed E-state index contributed by atoms with van der Waals surface area (Å²) in [6.45, 7) is 6.10. The number of imide groups is 1. The highest BCUT2D eigenvalue weighted by Crippen LogP contribution is 2.60. The molecule has 5 heteroatoms. The Bertz CT molecular complexity index is 827. The number of aromatic nitrogens is 1. The van der Waals surface area contributed by atoms with Gasteiger partial charge < -0.3 is 0 Å². The molecular formula is C19H20N2O2S. The van der Waals surface area contributed by atoms with E-state index in [2.05, 4.69) is 18.8 Å². The van der Waals surface area contributed by atoms with Gasteiger partial charge in [0, 0.05) is 16.9 Å². The summed E-state index contributed by atoms with van der Waals surface area (Å²) in [4.78, 5) is 32.0. The maximum absolute atomic E-state index is 13.1. The van der Waals surface area contributed by atoms with Crippen molar-refractivity contribution in [3.63, 3.8) is 0 Å². The molecule has 0 radical (unpaired) electrons. The summed E-state index contributed by atoms with van der Waals surface area (Å²) in [7, 11) is 0. The molecule has 24 heavy (non-hydrogen) atoms. The first kappa shape index (κ1) is 15.5. The first-order valence-electron chi connectivity index (χ1n) is 8.25. The molecule has 0 spiro atoms. The summed E-state index contributed by atoms with van der Waals surface area (Å²) < 4.78 is 0. The molecule has 2 atom stereocenters. The number of rotatable bonds is 2.